The first-order chi connectivity index (χ1) is 10.3. The zero-order valence-corrected chi connectivity index (χ0v) is 14.2. The summed E-state index contributed by atoms with van der Waals surface area (Å²) in [5, 5.41) is 0.643. The number of amides is 1. The molecular weight excluding hydrogens is 317 g/mol. The maximum Gasteiger partial charge on any atom is 0.256 e. The number of hydrogen-bond donors (Lipinski definition) is 0. The van der Waals surface area contributed by atoms with Crippen molar-refractivity contribution < 1.29 is 4.79 Å². The van der Waals surface area contributed by atoms with Crippen molar-refractivity contribution in [2.24, 2.45) is 0 Å². The topological polar surface area (TPSA) is 20.3 Å². The van der Waals surface area contributed by atoms with Gasteiger partial charge in [-0.1, -0.05) is 53.5 Å². The maximum atomic E-state index is 12.9. The third kappa shape index (κ3) is 2.13. The second-order valence-corrected chi connectivity index (χ2v) is 7.47. The first-order valence-corrected chi connectivity index (χ1v) is 7.91. The highest BCUT2D eigenvalue weighted by Gasteiger charge is 2.53. The Morgan fingerprint density at radius 3 is 2.18 bits per heavy atom. The molecule has 0 N–H and O–H groups in total. The lowest BCUT2D eigenvalue weighted by Gasteiger charge is -2.43. The number of carbonyl (C=O) groups excluding carboxylic acids is 1. The summed E-state index contributed by atoms with van der Waals surface area (Å²) >= 11 is 13.1. The first-order valence-electron chi connectivity index (χ1n) is 7.15. The van der Waals surface area contributed by atoms with Gasteiger partial charge in [0.15, 0.2) is 5.00 Å². The SMILES string of the molecule is CC(C)(C)N1C(=O)c2ccccc2C1(Cl)c1ccc(Cl)cc1. The van der Waals surface area contributed by atoms with Gasteiger partial charge in [-0.05, 0) is 44.5 Å². The van der Waals surface area contributed by atoms with Crippen molar-refractivity contribution in [1.29, 1.82) is 0 Å². The van der Waals surface area contributed by atoms with E-state index in [2.05, 4.69) is 0 Å². The highest BCUT2D eigenvalue weighted by molar-refractivity contribution is 6.31. The van der Waals surface area contributed by atoms with Gasteiger partial charge in [0.25, 0.3) is 5.91 Å². The van der Waals surface area contributed by atoms with Crippen molar-refractivity contribution in [3.05, 3.63) is 70.2 Å². The van der Waals surface area contributed by atoms with Crippen LogP contribution in [0.25, 0.3) is 0 Å². The molecule has 0 radical (unpaired) electrons. The predicted molar refractivity (Wildman–Crippen MR) is 90.4 cm³/mol. The monoisotopic (exact) mass is 333 g/mol. The van der Waals surface area contributed by atoms with Gasteiger partial charge in [0.2, 0.25) is 0 Å². The smallest absolute Gasteiger partial charge is 0.256 e. The van der Waals surface area contributed by atoms with E-state index >= 15 is 0 Å². The summed E-state index contributed by atoms with van der Waals surface area (Å²) in [5.41, 5.74) is 1.89. The van der Waals surface area contributed by atoms with Crippen molar-refractivity contribution in [2.75, 3.05) is 0 Å². The molecule has 22 heavy (non-hydrogen) atoms. The summed E-state index contributed by atoms with van der Waals surface area (Å²) in [6, 6.07) is 14.9. The summed E-state index contributed by atoms with van der Waals surface area (Å²) in [5.74, 6) is -0.0481. The Kier molecular flexibility index (Phi) is 3.50. The molecule has 0 fully saturated rings. The molecule has 2 aromatic carbocycles. The molecule has 1 aliphatic heterocycles. The molecule has 1 aliphatic rings. The Balaban J connectivity index is 2.29. The van der Waals surface area contributed by atoms with Crippen LogP contribution in [0, 0.1) is 0 Å². The third-order valence-electron chi connectivity index (χ3n) is 3.92. The quantitative estimate of drug-likeness (QED) is 0.529. The number of fused-ring (bicyclic) bond motifs is 1. The van der Waals surface area contributed by atoms with E-state index in [-0.39, 0.29) is 5.91 Å². The summed E-state index contributed by atoms with van der Waals surface area (Å²) < 4.78 is 0. The lowest BCUT2D eigenvalue weighted by atomic mass is 9.94. The molecule has 4 heteroatoms. The van der Waals surface area contributed by atoms with E-state index in [4.69, 9.17) is 23.2 Å². The molecule has 3 rings (SSSR count). The molecule has 114 valence electrons. The Morgan fingerprint density at radius 2 is 1.59 bits per heavy atom. The van der Waals surface area contributed by atoms with Gasteiger partial charge < -0.3 is 4.90 Å². The van der Waals surface area contributed by atoms with Crippen LogP contribution < -0.4 is 0 Å². The van der Waals surface area contributed by atoms with E-state index in [1.165, 1.54) is 0 Å². The van der Waals surface area contributed by atoms with Crippen LogP contribution in [0.3, 0.4) is 0 Å². The van der Waals surface area contributed by atoms with Gasteiger partial charge in [-0.15, -0.1) is 0 Å². The standard InChI is InChI=1S/C18H17Cl2NO/c1-17(2,3)21-16(22)14-6-4-5-7-15(14)18(21,20)12-8-10-13(19)11-9-12/h4-11H,1-3H3. The minimum Gasteiger partial charge on any atom is -0.307 e. The van der Waals surface area contributed by atoms with E-state index in [1.807, 2.05) is 57.2 Å². The molecule has 0 aliphatic carbocycles. The van der Waals surface area contributed by atoms with E-state index in [0.29, 0.717) is 10.6 Å². The number of alkyl halides is 1. The molecule has 0 bridgehead atoms. The van der Waals surface area contributed by atoms with Crippen LogP contribution in [-0.4, -0.2) is 16.3 Å². The predicted octanol–water partition coefficient (Wildman–Crippen LogP) is 5.03. The third-order valence-corrected chi connectivity index (χ3v) is 4.77. The van der Waals surface area contributed by atoms with Crippen molar-refractivity contribution >= 4 is 29.1 Å². The molecule has 0 saturated heterocycles. The van der Waals surface area contributed by atoms with Crippen LogP contribution in [0.4, 0.5) is 0 Å². The van der Waals surface area contributed by atoms with Crippen molar-refractivity contribution in [3.63, 3.8) is 0 Å². The molecule has 0 spiro atoms. The lowest BCUT2D eigenvalue weighted by molar-refractivity contribution is 0.0488. The molecule has 2 aromatic rings. The van der Waals surface area contributed by atoms with Crippen LogP contribution in [-0.2, 0) is 5.00 Å². The normalized spacial score (nSPS) is 21.1. The van der Waals surface area contributed by atoms with Gasteiger partial charge in [0, 0.05) is 21.7 Å². The highest BCUT2D eigenvalue weighted by atomic mass is 35.5. The zero-order chi connectivity index (χ0) is 16.1. The largest absolute Gasteiger partial charge is 0.307 e. The lowest BCUT2D eigenvalue weighted by Crippen LogP contribution is -2.51. The summed E-state index contributed by atoms with van der Waals surface area (Å²) in [6.07, 6.45) is 0. The number of halogens is 2. The fraction of sp³-hybridized carbons (Fsp3) is 0.278. The molecule has 1 heterocycles. The number of nitrogens with zero attached hydrogens (tertiary/aromatic N) is 1. The second kappa shape index (κ2) is 5.00. The summed E-state index contributed by atoms with van der Waals surface area (Å²) in [7, 11) is 0. The molecular formula is C18H17Cl2NO. The Morgan fingerprint density at radius 1 is 1.00 bits per heavy atom. The number of hydrogen-bond acceptors (Lipinski definition) is 1. The molecule has 0 aromatic heterocycles. The summed E-state index contributed by atoms with van der Waals surface area (Å²) in [6.45, 7) is 5.97. The molecule has 2 nitrogen and oxygen atoms in total. The minimum atomic E-state index is -1.02. The van der Waals surface area contributed by atoms with Gasteiger partial charge in [-0.2, -0.15) is 0 Å². The zero-order valence-electron chi connectivity index (χ0n) is 12.7. The average molecular weight is 334 g/mol. The van der Waals surface area contributed by atoms with E-state index in [1.54, 1.807) is 17.0 Å². The fourth-order valence-corrected chi connectivity index (χ4v) is 3.81. The van der Waals surface area contributed by atoms with Gasteiger partial charge in [-0.3, -0.25) is 4.79 Å². The van der Waals surface area contributed by atoms with Gasteiger partial charge >= 0.3 is 0 Å². The number of rotatable bonds is 1. The van der Waals surface area contributed by atoms with E-state index < -0.39 is 10.5 Å². The molecule has 1 unspecified atom stereocenters. The second-order valence-electron chi connectivity index (χ2n) is 6.49. The number of carbonyl (C=O) groups is 1. The number of benzene rings is 2. The van der Waals surface area contributed by atoms with Crippen LogP contribution >= 0.6 is 23.2 Å². The van der Waals surface area contributed by atoms with Gasteiger partial charge in [0.1, 0.15) is 0 Å². The minimum absolute atomic E-state index is 0.0481. The Hall–Kier alpha value is -1.51. The van der Waals surface area contributed by atoms with Crippen LogP contribution in [0.5, 0.6) is 0 Å². The average Bonchev–Trinajstić information content (AvgIpc) is 2.69. The fourth-order valence-electron chi connectivity index (χ4n) is 3.06. The van der Waals surface area contributed by atoms with Crippen LogP contribution in [0.2, 0.25) is 5.02 Å². The maximum absolute atomic E-state index is 12.9. The highest BCUT2D eigenvalue weighted by Crippen LogP contribution is 2.50. The Labute approximate surface area is 140 Å². The van der Waals surface area contributed by atoms with Crippen molar-refractivity contribution in [2.45, 2.75) is 31.3 Å². The van der Waals surface area contributed by atoms with Crippen molar-refractivity contribution in [1.82, 2.24) is 4.90 Å². The molecule has 0 saturated carbocycles. The molecule has 1 amide bonds. The first kappa shape index (κ1) is 15.4. The van der Waals surface area contributed by atoms with E-state index in [9.17, 15) is 4.79 Å². The van der Waals surface area contributed by atoms with Gasteiger partial charge in [-0.25, -0.2) is 0 Å². The van der Waals surface area contributed by atoms with Gasteiger partial charge in [0.05, 0.1) is 0 Å². The van der Waals surface area contributed by atoms with Crippen LogP contribution in [0.15, 0.2) is 48.5 Å². The molecule has 1 atom stereocenters. The van der Waals surface area contributed by atoms with Crippen LogP contribution in [0.1, 0.15) is 42.3 Å². The van der Waals surface area contributed by atoms with E-state index in [0.717, 1.165) is 11.1 Å². The van der Waals surface area contributed by atoms with Crippen molar-refractivity contribution in [3.8, 4) is 0 Å². The summed E-state index contributed by atoms with van der Waals surface area (Å²) in [4.78, 5) is 13.6. The Bertz CT molecular complexity index is 733.